The van der Waals surface area contributed by atoms with Crippen LogP contribution < -0.4 is 19.5 Å². The Hall–Kier alpha value is -3.17. The van der Waals surface area contributed by atoms with Crippen LogP contribution in [-0.2, 0) is 4.79 Å². The van der Waals surface area contributed by atoms with Gasteiger partial charge in [0.25, 0.3) is 5.91 Å². The maximum absolute atomic E-state index is 12.5. The van der Waals surface area contributed by atoms with Crippen molar-refractivity contribution in [2.75, 3.05) is 19.0 Å². The van der Waals surface area contributed by atoms with Crippen LogP contribution in [0.5, 0.6) is 17.2 Å². The van der Waals surface area contributed by atoms with Crippen molar-refractivity contribution in [3.8, 4) is 23.3 Å². The molecule has 6 nitrogen and oxygen atoms in total. The molecule has 0 heterocycles. The number of rotatable bonds is 9. The Bertz CT molecular complexity index is 949. The van der Waals surface area contributed by atoms with Crippen molar-refractivity contribution in [1.29, 1.82) is 5.26 Å². The van der Waals surface area contributed by atoms with Gasteiger partial charge in [0.1, 0.15) is 17.4 Å². The van der Waals surface area contributed by atoms with Crippen LogP contribution in [0.3, 0.4) is 0 Å². The Morgan fingerprint density at radius 3 is 2.53 bits per heavy atom. The van der Waals surface area contributed by atoms with Crippen LogP contribution in [0.4, 0.5) is 5.69 Å². The molecule has 0 saturated carbocycles. The molecular formula is C23H25ClN2O4. The largest absolute Gasteiger partial charge is 0.494 e. The zero-order valence-electron chi connectivity index (χ0n) is 17.5. The van der Waals surface area contributed by atoms with Gasteiger partial charge in [0.15, 0.2) is 11.5 Å². The molecule has 0 fully saturated rings. The van der Waals surface area contributed by atoms with Crippen LogP contribution in [0.2, 0.25) is 5.02 Å². The van der Waals surface area contributed by atoms with E-state index in [1.807, 2.05) is 26.8 Å². The van der Waals surface area contributed by atoms with Crippen LogP contribution in [0, 0.1) is 11.3 Å². The molecule has 1 amide bonds. The molecule has 7 heteroatoms. The predicted molar refractivity (Wildman–Crippen MR) is 118 cm³/mol. The fraction of sp³-hybridized carbons (Fsp3) is 0.304. The number of hydrogen-bond donors (Lipinski definition) is 1. The molecule has 2 aromatic rings. The molecule has 0 aliphatic heterocycles. The van der Waals surface area contributed by atoms with E-state index in [0.29, 0.717) is 40.1 Å². The van der Waals surface area contributed by atoms with Crippen molar-refractivity contribution in [3.05, 3.63) is 52.6 Å². The maximum Gasteiger partial charge on any atom is 0.266 e. The van der Waals surface area contributed by atoms with E-state index in [2.05, 4.69) is 5.32 Å². The first-order chi connectivity index (χ1) is 14.4. The summed E-state index contributed by atoms with van der Waals surface area (Å²) in [5.41, 5.74) is 1.03. The molecule has 0 radical (unpaired) electrons. The van der Waals surface area contributed by atoms with Crippen molar-refractivity contribution in [1.82, 2.24) is 0 Å². The predicted octanol–water partition coefficient (Wildman–Crippen LogP) is 5.47. The third kappa shape index (κ3) is 6.16. The number of halogens is 1. The maximum atomic E-state index is 12.5. The number of methoxy groups -OCH3 is 1. The van der Waals surface area contributed by atoms with Gasteiger partial charge in [-0.3, -0.25) is 4.79 Å². The zero-order valence-corrected chi connectivity index (χ0v) is 18.2. The van der Waals surface area contributed by atoms with Crippen molar-refractivity contribution in [3.63, 3.8) is 0 Å². The van der Waals surface area contributed by atoms with Gasteiger partial charge in [0, 0.05) is 5.69 Å². The molecule has 0 saturated heterocycles. The van der Waals surface area contributed by atoms with Crippen molar-refractivity contribution in [2.45, 2.75) is 33.3 Å². The molecule has 0 aromatic heterocycles. The summed E-state index contributed by atoms with van der Waals surface area (Å²) < 4.78 is 16.6. The number of anilines is 1. The van der Waals surface area contributed by atoms with E-state index in [4.69, 9.17) is 25.8 Å². The van der Waals surface area contributed by atoms with E-state index >= 15 is 0 Å². The van der Waals surface area contributed by atoms with Gasteiger partial charge in [-0.15, -0.1) is 0 Å². The second-order valence-electron chi connectivity index (χ2n) is 6.45. The van der Waals surface area contributed by atoms with E-state index in [0.717, 1.165) is 6.42 Å². The molecule has 2 aromatic carbocycles. The lowest BCUT2D eigenvalue weighted by Crippen LogP contribution is -2.13. The molecular weight excluding hydrogens is 404 g/mol. The molecule has 0 aliphatic rings. The average Bonchev–Trinajstić information content (AvgIpc) is 2.74. The van der Waals surface area contributed by atoms with E-state index in [1.165, 1.54) is 13.2 Å². The van der Waals surface area contributed by atoms with Gasteiger partial charge in [-0.05, 0) is 68.3 Å². The molecule has 0 unspecified atom stereocenters. The number of carbonyl (C=O) groups excluding carboxylic acids is 1. The van der Waals surface area contributed by atoms with E-state index in [9.17, 15) is 10.1 Å². The molecule has 0 aliphatic carbocycles. The van der Waals surface area contributed by atoms with Crippen LogP contribution >= 0.6 is 11.6 Å². The van der Waals surface area contributed by atoms with Gasteiger partial charge in [-0.25, -0.2) is 0 Å². The van der Waals surface area contributed by atoms with E-state index < -0.39 is 5.91 Å². The first kappa shape index (κ1) is 23.1. The summed E-state index contributed by atoms with van der Waals surface area (Å²) >= 11 is 6.36. The molecule has 158 valence electrons. The average molecular weight is 429 g/mol. The highest BCUT2D eigenvalue weighted by Gasteiger charge is 2.16. The Morgan fingerprint density at radius 2 is 1.97 bits per heavy atom. The van der Waals surface area contributed by atoms with Crippen molar-refractivity contribution < 1.29 is 19.0 Å². The molecule has 0 spiro atoms. The summed E-state index contributed by atoms with van der Waals surface area (Å²) in [6, 6.07) is 12.1. The highest BCUT2D eigenvalue weighted by Crippen LogP contribution is 2.38. The van der Waals surface area contributed by atoms with Crippen LogP contribution in [0.15, 0.2) is 42.0 Å². The first-order valence-electron chi connectivity index (χ1n) is 9.61. The summed E-state index contributed by atoms with van der Waals surface area (Å²) in [5.74, 6) is 1.03. The van der Waals surface area contributed by atoms with Gasteiger partial charge in [0.05, 0.1) is 24.8 Å². The fourth-order valence-corrected chi connectivity index (χ4v) is 2.80. The van der Waals surface area contributed by atoms with Gasteiger partial charge in [0.2, 0.25) is 0 Å². The third-order valence-electron chi connectivity index (χ3n) is 4.24. The van der Waals surface area contributed by atoms with Crippen molar-refractivity contribution >= 4 is 29.3 Å². The molecule has 1 atom stereocenters. The minimum absolute atomic E-state index is 0.0349. The number of nitrogens with zero attached hydrogens (tertiary/aromatic N) is 1. The highest BCUT2D eigenvalue weighted by molar-refractivity contribution is 6.32. The monoisotopic (exact) mass is 428 g/mol. The summed E-state index contributed by atoms with van der Waals surface area (Å²) in [6.07, 6.45) is 2.23. The molecule has 2 rings (SSSR count). The minimum Gasteiger partial charge on any atom is -0.494 e. The lowest BCUT2D eigenvalue weighted by atomic mass is 10.1. The summed E-state index contributed by atoms with van der Waals surface area (Å²) in [6.45, 7) is 6.39. The molecule has 1 N–H and O–H groups in total. The Balaban J connectivity index is 2.24. The lowest BCUT2D eigenvalue weighted by Gasteiger charge is -2.17. The van der Waals surface area contributed by atoms with Crippen molar-refractivity contribution in [2.24, 2.45) is 0 Å². The van der Waals surface area contributed by atoms with Crippen LogP contribution in [0.1, 0.15) is 32.8 Å². The number of benzene rings is 2. The normalized spacial score (nSPS) is 11.9. The minimum atomic E-state index is -0.531. The Labute approximate surface area is 182 Å². The van der Waals surface area contributed by atoms with Gasteiger partial charge in [-0.1, -0.05) is 18.5 Å². The Morgan fingerprint density at radius 1 is 1.27 bits per heavy atom. The number of ether oxygens (including phenoxy) is 3. The third-order valence-corrected chi connectivity index (χ3v) is 4.53. The quantitative estimate of drug-likeness (QED) is 0.423. The number of carbonyl (C=O) groups is 1. The summed E-state index contributed by atoms with van der Waals surface area (Å²) in [5, 5.41) is 12.5. The SMILES string of the molecule is CCOc1ccc(NC(=O)/C(C#N)=C\c2cc(Cl)c(O[C@H](C)CC)c(OC)c2)cc1. The second kappa shape index (κ2) is 11.1. The van der Waals surface area contributed by atoms with E-state index in [1.54, 1.807) is 36.4 Å². The number of amides is 1. The smallest absolute Gasteiger partial charge is 0.266 e. The summed E-state index contributed by atoms with van der Waals surface area (Å²) in [4.78, 5) is 12.5. The Kier molecular flexibility index (Phi) is 8.57. The first-order valence-corrected chi connectivity index (χ1v) is 9.99. The number of nitrogens with one attached hydrogen (secondary N) is 1. The second-order valence-corrected chi connectivity index (χ2v) is 6.86. The standard InChI is InChI=1S/C23H25ClN2O4/c1-5-15(3)30-22-20(24)12-16(13-21(22)28-4)11-17(14-25)23(27)26-18-7-9-19(10-8-18)29-6-2/h7-13,15H,5-6H2,1-4H3,(H,26,27)/b17-11-/t15-/m1/s1. The van der Waals surface area contributed by atoms with Crippen LogP contribution in [-0.4, -0.2) is 25.7 Å². The number of hydrogen-bond acceptors (Lipinski definition) is 5. The molecule has 0 bridgehead atoms. The van der Waals surface area contributed by atoms with Gasteiger partial charge in [-0.2, -0.15) is 5.26 Å². The summed E-state index contributed by atoms with van der Waals surface area (Å²) in [7, 11) is 1.51. The zero-order chi connectivity index (χ0) is 22.1. The fourth-order valence-electron chi connectivity index (χ4n) is 2.54. The topological polar surface area (TPSA) is 80.6 Å². The highest BCUT2D eigenvalue weighted by atomic mass is 35.5. The van der Waals surface area contributed by atoms with E-state index in [-0.39, 0.29) is 11.7 Å². The number of nitriles is 1. The lowest BCUT2D eigenvalue weighted by molar-refractivity contribution is -0.112. The van der Waals surface area contributed by atoms with Gasteiger partial charge < -0.3 is 19.5 Å². The molecule has 30 heavy (non-hydrogen) atoms. The van der Waals surface area contributed by atoms with Crippen LogP contribution in [0.25, 0.3) is 6.08 Å². The van der Waals surface area contributed by atoms with Gasteiger partial charge >= 0.3 is 0 Å².